The van der Waals surface area contributed by atoms with Gasteiger partial charge >= 0.3 is 0 Å². The second-order valence-corrected chi connectivity index (χ2v) is 6.61. The lowest BCUT2D eigenvalue weighted by Gasteiger charge is -2.35. The molecular weight excluding hydrogens is 368 g/mol. The standard InChI is InChI=1S/C21H22N6O2/c1-29-18-5-2-4-16(14-18)20(28)25-17-6-7-19(24-15-17)26-10-12-27(13-11-26)21-22-8-3-9-23-21/h2-9,14-15H,10-13H2,1H3,(H,25,28). The van der Waals surface area contributed by atoms with Crippen LogP contribution < -0.4 is 19.9 Å². The van der Waals surface area contributed by atoms with Crippen LogP contribution in [0, 0.1) is 0 Å². The fourth-order valence-electron chi connectivity index (χ4n) is 3.20. The Labute approximate surface area is 169 Å². The quantitative estimate of drug-likeness (QED) is 0.716. The summed E-state index contributed by atoms with van der Waals surface area (Å²) in [7, 11) is 1.58. The second-order valence-electron chi connectivity index (χ2n) is 6.61. The predicted molar refractivity (Wildman–Crippen MR) is 112 cm³/mol. The van der Waals surface area contributed by atoms with Gasteiger partial charge in [-0.2, -0.15) is 0 Å². The number of anilines is 3. The Bertz CT molecular complexity index is 956. The molecule has 0 spiro atoms. The molecule has 1 amide bonds. The molecular formula is C21H22N6O2. The number of methoxy groups -OCH3 is 1. The summed E-state index contributed by atoms with van der Waals surface area (Å²) in [5, 5.41) is 2.87. The first-order chi connectivity index (χ1) is 14.2. The van der Waals surface area contributed by atoms with Gasteiger partial charge < -0.3 is 19.9 Å². The van der Waals surface area contributed by atoms with Crippen LogP contribution >= 0.6 is 0 Å². The molecule has 1 fully saturated rings. The van der Waals surface area contributed by atoms with E-state index in [1.807, 2.05) is 18.2 Å². The van der Waals surface area contributed by atoms with E-state index in [1.54, 1.807) is 50.0 Å². The largest absolute Gasteiger partial charge is 0.497 e. The number of carbonyl (C=O) groups is 1. The minimum atomic E-state index is -0.199. The van der Waals surface area contributed by atoms with Gasteiger partial charge in [0, 0.05) is 44.1 Å². The van der Waals surface area contributed by atoms with E-state index in [9.17, 15) is 4.79 Å². The SMILES string of the molecule is COc1cccc(C(=O)Nc2ccc(N3CCN(c4ncccn4)CC3)nc2)c1. The monoisotopic (exact) mass is 390 g/mol. The molecule has 8 nitrogen and oxygen atoms in total. The van der Waals surface area contributed by atoms with Crippen molar-refractivity contribution in [3.63, 3.8) is 0 Å². The van der Waals surface area contributed by atoms with Crippen molar-refractivity contribution >= 4 is 23.4 Å². The zero-order valence-corrected chi connectivity index (χ0v) is 16.2. The number of hydrogen-bond donors (Lipinski definition) is 1. The number of nitrogens with one attached hydrogen (secondary N) is 1. The maximum atomic E-state index is 12.4. The molecule has 3 aromatic rings. The Morgan fingerprint density at radius 3 is 2.41 bits per heavy atom. The number of aromatic nitrogens is 3. The molecule has 2 aromatic heterocycles. The van der Waals surface area contributed by atoms with Gasteiger partial charge in [0.05, 0.1) is 19.0 Å². The first kappa shape index (κ1) is 18.7. The zero-order valence-electron chi connectivity index (χ0n) is 16.2. The summed E-state index contributed by atoms with van der Waals surface area (Å²) in [6.45, 7) is 3.33. The highest BCUT2D eigenvalue weighted by Crippen LogP contribution is 2.19. The summed E-state index contributed by atoms with van der Waals surface area (Å²) in [5.41, 5.74) is 1.19. The number of amides is 1. The summed E-state index contributed by atoms with van der Waals surface area (Å²) in [5.74, 6) is 2.09. The third kappa shape index (κ3) is 4.43. The molecule has 0 saturated carbocycles. The van der Waals surface area contributed by atoms with E-state index in [0.29, 0.717) is 17.0 Å². The molecule has 1 aliphatic rings. The average molecular weight is 390 g/mol. The topological polar surface area (TPSA) is 83.5 Å². The Hall–Kier alpha value is -3.68. The third-order valence-corrected chi connectivity index (χ3v) is 4.78. The van der Waals surface area contributed by atoms with Gasteiger partial charge in [0.25, 0.3) is 5.91 Å². The Balaban J connectivity index is 1.35. The minimum absolute atomic E-state index is 0.199. The molecule has 0 bridgehead atoms. The maximum absolute atomic E-state index is 12.4. The van der Waals surface area contributed by atoms with Crippen molar-refractivity contribution < 1.29 is 9.53 Å². The normalized spacial score (nSPS) is 13.8. The lowest BCUT2D eigenvalue weighted by Crippen LogP contribution is -2.47. The van der Waals surface area contributed by atoms with Crippen molar-refractivity contribution in [2.45, 2.75) is 0 Å². The molecule has 3 heterocycles. The van der Waals surface area contributed by atoms with Crippen molar-refractivity contribution in [2.75, 3.05) is 48.4 Å². The smallest absolute Gasteiger partial charge is 0.255 e. The van der Waals surface area contributed by atoms with E-state index in [4.69, 9.17) is 4.74 Å². The Kier molecular flexibility index (Phi) is 5.51. The van der Waals surface area contributed by atoms with E-state index in [2.05, 4.69) is 30.1 Å². The number of rotatable bonds is 5. The minimum Gasteiger partial charge on any atom is -0.497 e. The summed E-state index contributed by atoms with van der Waals surface area (Å²) >= 11 is 0. The van der Waals surface area contributed by atoms with Crippen LogP contribution in [0.15, 0.2) is 61.1 Å². The lowest BCUT2D eigenvalue weighted by atomic mass is 10.2. The van der Waals surface area contributed by atoms with Gasteiger partial charge in [-0.1, -0.05) is 6.07 Å². The summed E-state index contributed by atoms with van der Waals surface area (Å²) in [6.07, 6.45) is 5.20. The number of nitrogens with zero attached hydrogens (tertiary/aromatic N) is 5. The number of hydrogen-bond acceptors (Lipinski definition) is 7. The molecule has 0 aliphatic carbocycles. The van der Waals surface area contributed by atoms with Gasteiger partial charge in [-0.15, -0.1) is 0 Å². The zero-order chi connectivity index (χ0) is 20.1. The van der Waals surface area contributed by atoms with Gasteiger partial charge in [-0.25, -0.2) is 15.0 Å². The van der Waals surface area contributed by atoms with Gasteiger partial charge in [0.1, 0.15) is 11.6 Å². The van der Waals surface area contributed by atoms with Gasteiger partial charge in [0.2, 0.25) is 5.95 Å². The van der Waals surface area contributed by atoms with Crippen LogP contribution in [0.25, 0.3) is 0 Å². The second kappa shape index (κ2) is 8.55. The highest BCUT2D eigenvalue weighted by Gasteiger charge is 2.19. The first-order valence-corrected chi connectivity index (χ1v) is 9.41. The predicted octanol–water partition coefficient (Wildman–Crippen LogP) is 2.46. The van der Waals surface area contributed by atoms with Crippen molar-refractivity contribution in [1.29, 1.82) is 0 Å². The Morgan fingerprint density at radius 2 is 1.72 bits per heavy atom. The highest BCUT2D eigenvalue weighted by molar-refractivity contribution is 6.04. The van der Waals surface area contributed by atoms with Crippen molar-refractivity contribution in [3.05, 3.63) is 66.6 Å². The number of benzene rings is 1. The van der Waals surface area contributed by atoms with Crippen LogP contribution in [-0.2, 0) is 0 Å². The van der Waals surface area contributed by atoms with Gasteiger partial charge in [-0.05, 0) is 36.4 Å². The van der Waals surface area contributed by atoms with E-state index in [-0.39, 0.29) is 5.91 Å². The molecule has 8 heteroatoms. The molecule has 148 valence electrons. The molecule has 1 saturated heterocycles. The Morgan fingerprint density at radius 1 is 0.966 bits per heavy atom. The first-order valence-electron chi connectivity index (χ1n) is 9.41. The van der Waals surface area contributed by atoms with Crippen LogP contribution in [0.2, 0.25) is 0 Å². The molecule has 0 radical (unpaired) electrons. The fourth-order valence-corrected chi connectivity index (χ4v) is 3.20. The number of ether oxygens (including phenoxy) is 1. The van der Waals surface area contributed by atoms with Crippen molar-refractivity contribution in [1.82, 2.24) is 15.0 Å². The summed E-state index contributed by atoms with van der Waals surface area (Å²) < 4.78 is 5.16. The van der Waals surface area contributed by atoms with Crippen molar-refractivity contribution in [3.8, 4) is 5.75 Å². The fraction of sp³-hybridized carbons (Fsp3) is 0.238. The van der Waals surface area contributed by atoms with Crippen LogP contribution in [0.3, 0.4) is 0 Å². The van der Waals surface area contributed by atoms with Crippen LogP contribution in [-0.4, -0.2) is 54.1 Å². The summed E-state index contributed by atoms with van der Waals surface area (Å²) in [4.78, 5) is 29.9. The number of pyridine rings is 1. The van der Waals surface area contributed by atoms with E-state index in [0.717, 1.165) is 37.9 Å². The molecule has 1 aliphatic heterocycles. The summed E-state index contributed by atoms with van der Waals surface area (Å²) in [6, 6.07) is 12.6. The van der Waals surface area contributed by atoms with Gasteiger partial charge in [-0.3, -0.25) is 4.79 Å². The lowest BCUT2D eigenvalue weighted by molar-refractivity contribution is 0.102. The third-order valence-electron chi connectivity index (χ3n) is 4.78. The van der Waals surface area contributed by atoms with Crippen molar-refractivity contribution in [2.24, 2.45) is 0 Å². The molecule has 1 N–H and O–H groups in total. The number of carbonyl (C=O) groups excluding carboxylic acids is 1. The van der Waals surface area contributed by atoms with Crippen LogP contribution in [0.5, 0.6) is 5.75 Å². The highest BCUT2D eigenvalue weighted by atomic mass is 16.5. The molecule has 0 atom stereocenters. The average Bonchev–Trinajstić information content (AvgIpc) is 2.80. The van der Waals surface area contributed by atoms with E-state index >= 15 is 0 Å². The van der Waals surface area contributed by atoms with Crippen LogP contribution in [0.4, 0.5) is 17.5 Å². The molecule has 0 unspecified atom stereocenters. The molecule has 4 rings (SSSR count). The molecule has 29 heavy (non-hydrogen) atoms. The van der Waals surface area contributed by atoms with E-state index < -0.39 is 0 Å². The number of piperazine rings is 1. The van der Waals surface area contributed by atoms with Gasteiger partial charge in [0.15, 0.2) is 0 Å². The molecule has 1 aromatic carbocycles. The van der Waals surface area contributed by atoms with E-state index in [1.165, 1.54) is 0 Å². The maximum Gasteiger partial charge on any atom is 0.255 e. The van der Waals surface area contributed by atoms with Crippen LogP contribution in [0.1, 0.15) is 10.4 Å².